The largest absolute Gasteiger partial charge is 0.393 e. The first-order chi connectivity index (χ1) is 6.20. The van der Waals surface area contributed by atoms with Crippen molar-refractivity contribution in [2.24, 2.45) is 0 Å². The minimum absolute atomic E-state index is 0.265. The van der Waals surface area contributed by atoms with E-state index in [1.807, 2.05) is 11.9 Å². The highest BCUT2D eigenvalue weighted by molar-refractivity contribution is 5.33. The van der Waals surface area contributed by atoms with Crippen LogP contribution in [0.1, 0.15) is 13.3 Å². The molecule has 13 heavy (non-hydrogen) atoms. The number of rotatable bonds is 4. The summed E-state index contributed by atoms with van der Waals surface area (Å²) in [6.45, 7) is 2.57. The Hall–Kier alpha value is -1.16. The smallest absolute Gasteiger partial charge is 0.146 e. The Morgan fingerprint density at radius 3 is 2.85 bits per heavy atom. The van der Waals surface area contributed by atoms with Crippen molar-refractivity contribution in [2.75, 3.05) is 18.5 Å². The number of nitrogens with zero attached hydrogens (tertiary/aromatic N) is 3. The third-order valence-corrected chi connectivity index (χ3v) is 1.82. The Balaban J connectivity index is 2.44. The molecule has 1 heterocycles. The molecule has 0 bridgehead atoms. The van der Waals surface area contributed by atoms with Gasteiger partial charge in [-0.3, -0.25) is 4.98 Å². The monoisotopic (exact) mass is 181 g/mol. The van der Waals surface area contributed by atoms with Gasteiger partial charge in [0, 0.05) is 26.0 Å². The van der Waals surface area contributed by atoms with Crippen molar-refractivity contribution in [3.8, 4) is 0 Å². The maximum Gasteiger partial charge on any atom is 0.146 e. The van der Waals surface area contributed by atoms with Gasteiger partial charge in [0.2, 0.25) is 0 Å². The molecule has 0 aromatic carbocycles. The SMILES string of the molecule is CC(O)CCN(C)c1cnccn1. The maximum atomic E-state index is 9.09. The van der Waals surface area contributed by atoms with E-state index in [1.54, 1.807) is 25.5 Å². The zero-order valence-electron chi connectivity index (χ0n) is 8.01. The standard InChI is InChI=1S/C9H15N3O/c1-8(13)3-6-12(2)9-7-10-4-5-11-9/h4-5,7-8,13H,3,6H2,1-2H3. The van der Waals surface area contributed by atoms with Gasteiger partial charge in [0.15, 0.2) is 0 Å². The molecule has 4 nitrogen and oxygen atoms in total. The van der Waals surface area contributed by atoms with Crippen molar-refractivity contribution < 1.29 is 5.11 Å². The summed E-state index contributed by atoms with van der Waals surface area (Å²) in [5, 5.41) is 9.09. The van der Waals surface area contributed by atoms with Crippen LogP contribution < -0.4 is 4.90 Å². The number of hydrogen-bond donors (Lipinski definition) is 1. The maximum absolute atomic E-state index is 9.09. The lowest BCUT2D eigenvalue weighted by atomic mass is 10.3. The third kappa shape index (κ3) is 3.38. The highest BCUT2D eigenvalue weighted by atomic mass is 16.3. The molecule has 0 saturated carbocycles. The van der Waals surface area contributed by atoms with Gasteiger partial charge < -0.3 is 10.0 Å². The Morgan fingerprint density at radius 1 is 1.54 bits per heavy atom. The summed E-state index contributed by atoms with van der Waals surface area (Å²) < 4.78 is 0. The fourth-order valence-electron chi connectivity index (χ4n) is 0.983. The van der Waals surface area contributed by atoms with Crippen LogP contribution in [0.15, 0.2) is 18.6 Å². The number of hydrogen-bond acceptors (Lipinski definition) is 4. The van der Waals surface area contributed by atoms with Crippen LogP contribution in [0.3, 0.4) is 0 Å². The van der Waals surface area contributed by atoms with Crippen LogP contribution in [0.2, 0.25) is 0 Å². The van der Waals surface area contributed by atoms with E-state index in [-0.39, 0.29) is 6.10 Å². The predicted octanol–water partition coefficient (Wildman–Crippen LogP) is 0.684. The average molecular weight is 181 g/mol. The molecule has 1 rings (SSSR count). The Kier molecular flexibility index (Phi) is 3.64. The van der Waals surface area contributed by atoms with E-state index in [0.29, 0.717) is 0 Å². The van der Waals surface area contributed by atoms with Gasteiger partial charge in [0.1, 0.15) is 5.82 Å². The van der Waals surface area contributed by atoms with E-state index in [1.165, 1.54) is 0 Å². The van der Waals surface area contributed by atoms with Gasteiger partial charge in [0.05, 0.1) is 12.3 Å². The molecule has 72 valence electrons. The van der Waals surface area contributed by atoms with Gasteiger partial charge in [-0.2, -0.15) is 0 Å². The van der Waals surface area contributed by atoms with E-state index in [4.69, 9.17) is 5.11 Å². The first-order valence-electron chi connectivity index (χ1n) is 4.35. The number of anilines is 1. The van der Waals surface area contributed by atoms with E-state index in [0.717, 1.165) is 18.8 Å². The Bertz CT molecular complexity index is 238. The van der Waals surface area contributed by atoms with Crippen molar-refractivity contribution in [3.05, 3.63) is 18.6 Å². The van der Waals surface area contributed by atoms with Crippen LogP contribution in [-0.4, -0.2) is 34.8 Å². The van der Waals surface area contributed by atoms with Crippen LogP contribution in [0.25, 0.3) is 0 Å². The molecule has 0 saturated heterocycles. The van der Waals surface area contributed by atoms with E-state index >= 15 is 0 Å². The highest BCUT2D eigenvalue weighted by Crippen LogP contribution is 2.05. The van der Waals surface area contributed by atoms with Crippen molar-refractivity contribution in [2.45, 2.75) is 19.4 Å². The lowest BCUT2D eigenvalue weighted by Gasteiger charge is -2.17. The predicted molar refractivity (Wildman–Crippen MR) is 51.6 cm³/mol. The lowest BCUT2D eigenvalue weighted by Crippen LogP contribution is -2.22. The number of aliphatic hydroxyl groups excluding tert-OH is 1. The van der Waals surface area contributed by atoms with Gasteiger partial charge >= 0.3 is 0 Å². The minimum atomic E-state index is -0.265. The fraction of sp³-hybridized carbons (Fsp3) is 0.556. The molecule has 0 aliphatic heterocycles. The summed E-state index contributed by atoms with van der Waals surface area (Å²) in [4.78, 5) is 10.1. The normalized spacial score (nSPS) is 12.5. The summed E-state index contributed by atoms with van der Waals surface area (Å²) in [5.41, 5.74) is 0. The Morgan fingerprint density at radius 2 is 2.31 bits per heavy atom. The van der Waals surface area contributed by atoms with Crippen LogP contribution in [0, 0.1) is 0 Å². The second kappa shape index (κ2) is 4.77. The van der Waals surface area contributed by atoms with E-state index < -0.39 is 0 Å². The second-order valence-corrected chi connectivity index (χ2v) is 3.12. The topological polar surface area (TPSA) is 49.2 Å². The van der Waals surface area contributed by atoms with Gasteiger partial charge in [-0.05, 0) is 13.3 Å². The van der Waals surface area contributed by atoms with Crippen LogP contribution >= 0.6 is 0 Å². The molecule has 0 radical (unpaired) electrons. The highest BCUT2D eigenvalue weighted by Gasteiger charge is 2.03. The summed E-state index contributed by atoms with van der Waals surface area (Å²) in [5.74, 6) is 0.836. The zero-order chi connectivity index (χ0) is 9.68. The molecule has 0 aliphatic carbocycles. The van der Waals surface area contributed by atoms with Crippen LogP contribution in [0.4, 0.5) is 5.82 Å². The molecule has 0 spiro atoms. The molecular weight excluding hydrogens is 166 g/mol. The number of aliphatic hydroxyl groups is 1. The number of aromatic nitrogens is 2. The van der Waals surface area contributed by atoms with Crippen molar-refractivity contribution in [1.82, 2.24) is 9.97 Å². The summed E-state index contributed by atoms with van der Waals surface area (Å²) in [6.07, 6.45) is 5.49. The van der Waals surface area contributed by atoms with E-state index in [9.17, 15) is 0 Å². The van der Waals surface area contributed by atoms with Gasteiger partial charge in [-0.15, -0.1) is 0 Å². The van der Waals surface area contributed by atoms with Crippen LogP contribution in [-0.2, 0) is 0 Å². The van der Waals surface area contributed by atoms with Crippen LogP contribution in [0.5, 0.6) is 0 Å². The molecule has 1 atom stereocenters. The molecule has 1 aromatic heterocycles. The summed E-state index contributed by atoms with van der Waals surface area (Å²) in [6, 6.07) is 0. The van der Waals surface area contributed by atoms with Gasteiger partial charge in [-0.1, -0.05) is 0 Å². The first kappa shape index (κ1) is 9.92. The quantitative estimate of drug-likeness (QED) is 0.742. The molecule has 1 unspecified atom stereocenters. The van der Waals surface area contributed by atoms with Crippen molar-refractivity contribution >= 4 is 5.82 Å². The average Bonchev–Trinajstić information content (AvgIpc) is 2.15. The zero-order valence-corrected chi connectivity index (χ0v) is 8.01. The minimum Gasteiger partial charge on any atom is -0.393 e. The van der Waals surface area contributed by atoms with E-state index in [2.05, 4.69) is 9.97 Å². The van der Waals surface area contributed by atoms with Gasteiger partial charge in [0.25, 0.3) is 0 Å². The fourth-order valence-corrected chi connectivity index (χ4v) is 0.983. The summed E-state index contributed by atoms with van der Waals surface area (Å²) in [7, 11) is 1.94. The first-order valence-corrected chi connectivity index (χ1v) is 4.35. The molecule has 0 fully saturated rings. The van der Waals surface area contributed by atoms with Crippen molar-refractivity contribution in [1.29, 1.82) is 0 Å². The molecule has 0 amide bonds. The second-order valence-electron chi connectivity index (χ2n) is 3.12. The molecule has 4 heteroatoms. The molecule has 1 N–H and O–H groups in total. The van der Waals surface area contributed by atoms with Gasteiger partial charge in [-0.25, -0.2) is 4.98 Å². The molecule has 1 aromatic rings. The lowest BCUT2D eigenvalue weighted by molar-refractivity contribution is 0.187. The van der Waals surface area contributed by atoms with Crippen molar-refractivity contribution in [3.63, 3.8) is 0 Å². The molecule has 0 aliphatic rings. The summed E-state index contributed by atoms with van der Waals surface area (Å²) >= 11 is 0. The Labute approximate surface area is 78.2 Å². The third-order valence-electron chi connectivity index (χ3n) is 1.82. The molecular formula is C9H15N3O.